The zero-order valence-corrected chi connectivity index (χ0v) is 12.9. The van der Waals surface area contributed by atoms with Gasteiger partial charge in [0.2, 0.25) is 10.0 Å². The molecular formula is C12H20N4O4S. The normalized spacial score (nSPS) is 19.4. The topological polar surface area (TPSA) is 101 Å². The number of aryl methyl sites for hydroxylation is 1. The predicted molar refractivity (Wildman–Crippen MR) is 76.6 cm³/mol. The minimum Gasteiger partial charge on any atom is -0.374 e. The molecular weight excluding hydrogens is 296 g/mol. The standard InChI is InChI=1S/C12H20N4O4S/c1-13-12(17)11-5-10(8-16(11)2)21(18,19)15-7-9-6-14-3-4-20-9/h5,8-9,14-15H,3-4,6-7H2,1-2H3,(H,13,17). The number of carbonyl (C=O) groups excluding carboxylic acids is 1. The van der Waals surface area contributed by atoms with Gasteiger partial charge in [0.25, 0.3) is 5.91 Å². The third kappa shape index (κ3) is 3.82. The molecule has 1 aromatic heterocycles. The first-order valence-electron chi connectivity index (χ1n) is 6.64. The first-order valence-corrected chi connectivity index (χ1v) is 8.13. The summed E-state index contributed by atoms with van der Waals surface area (Å²) in [6.07, 6.45) is 1.23. The van der Waals surface area contributed by atoms with Gasteiger partial charge in [-0.1, -0.05) is 0 Å². The lowest BCUT2D eigenvalue weighted by atomic mass is 10.3. The van der Waals surface area contributed by atoms with Crippen LogP contribution in [0.5, 0.6) is 0 Å². The van der Waals surface area contributed by atoms with Gasteiger partial charge in [-0.3, -0.25) is 4.79 Å². The number of hydrogen-bond donors (Lipinski definition) is 3. The van der Waals surface area contributed by atoms with Gasteiger partial charge in [-0.05, 0) is 6.07 Å². The van der Waals surface area contributed by atoms with Crippen LogP contribution in [0.3, 0.4) is 0 Å². The largest absolute Gasteiger partial charge is 0.374 e. The van der Waals surface area contributed by atoms with Crippen molar-refractivity contribution >= 4 is 15.9 Å². The molecule has 3 N–H and O–H groups in total. The maximum atomic E-state index is 12.2. The number of carbonyl (C=O) groups is 1. The van der Waals surface area contributed by atoms with E-state index in [0.717, 1.165) is 6.54 Å². The first kappa shape index (κ1) is 16.0. The smallest absolute Gasteiger partial charge is 0.267 e. The van der Waals surface area contributed by atoms with Gasteiger partial charge in [0.15, 0.2) is 0 Å². The highest BCUT2D eigenvalue weighted by atomic mass is 32.2. The van der Waals surface area contributed by atoms with Gasteiger partial charge < -0.3 is 19.9 Å². The van der Waals surface area contributed by atoms with Crippen molar-refractivity contribution in [3.8, 4) is 0 Å². The molecule has 1 aromatic rings. The van der Waals surface area contributed by atoms with Crippen molar-refractivity contribution in [1.82, 2.24) is 19.9 Å². The maximum absolute atomic E-state index is 12.2. The zero-order chi connectivity index (χ0) is 15.5. The van der Waals surface area contributed by atoms with Crippen molar-refractivity contribution in [2.24, 2.45) is 7.05 Å². The van der Waals surface area contributed by atoms with E-state index in [0.29, 0.717) is 13.2 Å². The number of morpholine rings is 1. The van der Waals surface area contributed by atoms with E-state index in [2.05, 4.69) is 15.4 Å². The van der Waals surface area contributed by atoms with Crippen LogP contribution in [-0.4, -0.2) is 58.3 Å². The fraction of sp³-hybridized carbons (Fsp3) is 0.583. The van der Waals surface area contributed by atoms with Crippen LogP contribution in [0.15, 0.2) is 17.2 Å². The highest BCUT2D eigenvalue weighted by Gasteiger charge is 2.22. The molecule has 118 valence electrons. The van der Waals surface area contributed by atoms with Gasteiger partial charge in [0.05, 0.1) is 12.7 Å². The van der Waals surface area contributed by atoms with Crippen molar-refractivity contribution in [1.29, 1.82) is 0 Å². The Morgan fingerprint density at radius 2 is 2.33 bits per heavy atom. The number of ether oxygens (including phenoxy) is 1. The van der Waals surface area contributed by atoms with Crippen molar-refractivity contribution in [2.45, 2.75) is 11.0 Å². The summed E-state index contributed by atoms with van der Waals surface area (Å²) in [5.74, 6) is -0.334. The molecule has 1 fully saturated rings. The van der Waals surface area contributed by atoms with Gasteiger partial charge in [0.1, 0.15) is 10.6 Å². The van der Waals surface area contributed by atoms with E-state index >= 15 is 0 Å². The summed E-state index contributed by atoms with van der Waals surface area (Å²) in [7, 11) is -0.544. The number of nitrogens with zero attached hydrogens (tertiary/aromatic N) is 1. The monoisotopic (exact) mass is 316 g/mol. The Morgan fingerprint density at radius 1 is 1.57 bits per heavy atom. The van der Waals surface area contributed by atoms with E-state index in [1.165, 1.54) is 23.9 Å². The average molecular weight is 316 g/mol. The van der Waals surface area contributed by atoms with Gasteiger partial charge in [-0.2, -0.15) is 0 Å². The molecule has 21 heavy (non-hydrogen) atoms. The van der Waals surface area contributed by atoms with Crippen LogP contribution in [0.25, 0.3) is 0 Å². The number of nitrogens with one attached hydrogen (secondary N) is 3. The summed E-state index contributed by atoms with van der Waals surface area (Å²) in [5, 5.41) is 5.60. The summed E-state index contributed by atoms with van der Waals surface area (Å²) in [6, 6.07) is 1.35. The second kappa shape index (κ2) is 6.56. The van der Waals surface area contributed by atoms with Gasteiger partial charge in [-0.15, -0.1) is 0 Å². The lowest BCUT2D eigenvalue weighted by molar-refractivity contribution is 0.0324. The third-order valence-electron chi connectivity index (χ3n) is 3.26. The molecule has 8 nitrogen and oxygen atoms in total. The Morgan fingerprint density at radius 3 is 2.95 bits per heavy atom. The Labute approximate surface area is 123 Å². The molecule has 9 heteroatoms. The fourth-order valence-electron chi connectivity index (χ4n) is 2.07. The van der Waals surface area contributed by atoms with Gasteiger partial charge in [0, 0.05) is 39.9 Å². The lowest BCUT2D eigenvalue weighted by Crippen LogP contribution is -2.45. The Hall–Kier alpha value is -1.42. The predicted octanol–water partition coefficient (Wildman–Crippen LogP) is -1.35. The average Bonchev–Trinajstić information content (AvgIpc) is 2.88. The van der Waals surface area contributed by atoms with Gasteiger partial charge >= 0.3 is 0 Å². The summed E-state index contributed by atoms with van der Waals surface area (Å²) in [4.78, 5) is 11.7. The molecule has 0 radical (unpaired) electrons. The number of aromatic nitrogens is 1. The molecule has 1 aliphatic heterocycles. The second-order valence-electron chi connectivity index (χ2n) is 4.80. The van der Waals surface area contributed by atoms with Crippen molar-refractivity contribution in [2.75, 3.05) is 33.3 Å². The molecule has 1 atom stereocenters. The second-order valence-corrected chi connectivity index (χ2v) is 6.57. The molecule has 2 heterocycles. The van der Waals surface area contributed by atoms with Crippen LogP contribution in [0.4, 0.5) is 0 Å². The molecule has 1 saturated heterocycles. The summed E-state index contributed by atoms with van der Waals surface area (Å²) in [6.45, 7) is 2.15. The minimum atomic E-state index is -3.66. The molecule has 0 saturated carbocycles. The minimum absolute atomic E-state index is 0.0624. The fourth-order valence-corrected chi connectivity index (χ4v) is 3.21. The van der Waals surface area contributed by atoms with Crippen LogP contribution in [0, 0.1) is 0 Å². The number of hydrogen-bond acceptors (Lipinski definition) is 5. The summed E-state index contributed by atoms with van der Waals surface area (Å²) in [5.41, 5.74) is 0.286. The summed E-state index contributed by atoms with van der Waals surface area (Å²) < 4.78 is 33.9. The highest BCUT2D eigenvalue weighted by Crippen LogP contribution is 2.13. The molecule has 1 amide bonds. The Kier molecular flexibility index (Phi) is 4.99. The Bertz CT molecular complexity index is 605. The van der Waals surface area contributed by atoms with Crippen LogP contribution in [-0.2, 0) is 21.8 Å². The van der Waals surface area contributed by atoms with E-state index in [9.17, 15) is 13.2 Å². The first-order chi connectivity index (χ1) is 9.94. The number of amides is 1. The SMILES string of the molecule is CNC(=O)c1cc(S(=O)(=O)NCC2CNCCO2)cn1C. The highest BCUT2D eigenvalue weighted by molar-refractivity contribution is 7.89. The van der Waals surface area contributed by atoms with Gasteiger partial charge in [-0.25, -0.2) is 13.1 Å². The zero-order valence-electron chi connectivity index (χ0n) is 12.0. The van der Waals surface area contributed by atoms with Crippen LogP contribution < -0.4 is 15.4 Å². The number of rotatable bonds is 5. The molecule has 1 unspecified atom stereocenters. The molecule has 0 aliphatic carbocycles. The van der Waals surface area contributed by atoms with E-state index in [4.69, 9.17) is 4.74 Å². The van der Waals surface area contributed by atoms with Crippen LogP contribution in [0.1, 0.15) is 10.5 Å². The molecule has 0 bridgehead atoms. The summed E-state index contributed by atoms with van der Waals surface area (Å²) >= 11 is 0. The maximum Gasteiger partial charge on any atom is 0.267 e. The van der Waals surface area contributed by atoms with Crippen molar-refractivity contribution in [3.63, 3.8) is 0 Å². The van der Waals surface area contributed by atoms with E-state index in [1.807, 2.05) is 0 Å². The van der Waals surface area contributed by atoms with Crippen molar-refractivity contribution < 1.29 is 17.9 Å². The molecule has 0 aromatic carbocycles. The number of sulfonamides is 1. The third-order valence-corrected chi connectivity index (χ3v) is 4.65. The van der Waals surface area contributed by atoms with E-state index in [-0.39, 0.29) is 29.1 Å². The Balaban J connectivity index is 2.06. The van der Waals surface area contributed by atoms with E-state index < -0.39 is 10.0 Å². The molecule has 1 aliphatic rings. The quantitative estimate of drug-likeness (QED) is 0.623. The molecule has 0 spiro atoms. The van der Waals surface area contributed by atoms with Crippen LogP contribution in [0.2, 0.25) is 0 Å². The van der Waals surface area contributed by atoms with Crippen LogP contribution >= 0.6 is 0 Å². The lowest BCUT2D eigenvalue weighted by Gasteiger charge is -2.23. The van der Waals surface area contributed by atoms with E-state index in [1.54, 1.807) is 7.05 Å². The van der Waals surface area contributed by atoms with Crippen molar-refractivity contribution in [3.05, 3.63) is 18.0 Å². The molecule has 2 rings (SSSR count).